The van der Waals surface area contributed by atoms with Crippen LogP contribution in [0.2, 0.25) is 0 Å². The van der Waals surface area contributed by atoms with Crippen molar-refractivity contribution < 1.29 is 4.79 Å². The zero-order valence-electron chi connectivity index (χ0n) is 14.7. The highest BCUT2D eigenvalue weighted by atomic mass is 16.2. The number of aryl methyl sites for hydroxylation is 1. The van der Waals surface area contributed by atoms with Crippen LogP contribution in [0.15, 0.2) is 30.6 Å². The largest absolute Gasteiger partial charge is 0.322 e. The van der Waals surface area contributed by atoms with Crippen LogP contribution in [0.25, 0.3) is 11.4 Å². The van der Waals surface area contributed by atoms with E-state index in [0.29, 0.717) is 11.9 Å². The fourth-order valence-electron chi connectivity index (χ4n) is 3.84. The molecule has 0 saturated carbocycles. The average molecular weight is 340 g/mol. The first-order valence-corrected chi connectivity index (χ1v) is 8.88. The van der Waals surface area contributed by atoms with Crippen LogP contribution in [0.1, 0.15) is 19.8 Å². The highest BCUT2D eigenvalue weighted by Gasteiger charge is 2.36. The molecule has 2 aliphatic heterocycles. The number of fused-ring (bicyclic) bond motifs is 1. The van der Waals surface area contributed by atoms with E-state index in [0.717, 1.165) is 24.3 Å². The van der Waals surface area contributed by atoms with Crippen molar-refractivity contribution >= 4 is 11.7 Å². The van der Waals surface area contributed by atoms with Gasteiger partial charge in [-0.2, -0.15) is 5.10 Å². The fourth-order valence-corrected chi connectivity index (χ4v) is 3.84. The summed E-state index contributed by atoms with van der Waals surface area (Å²) in [4.78, 5) is 21.4. The smallest absolute Gasteiger partial charge is 0.319 e. The molecule has 2 atom stereocenters. The highest BCUT2D eigenvalue weighted by molar-refractivity contribution is 5.90. The van der Waals surface area contributed by atoms with Crippen LogP contribution in [-0.4, -0.2) is 62.3 Å². The van der Waals surface area contributed by atoms with Gasteiger partial charge >= 0.3 is 6.03 Å². The SMILES string of the molecule is C[C@H]1CN2CCC[C@H]2CN1C(=O)Nc1ccc(-c2ncn(C)n2)cc1. The van der Waals surface area contributed by atoms with Crippen molar-refractivity contribution in [3.05, 3.63) is 30.6 Å². The molecule has 7 heteroatoms. The predicted octanol–water partition coefficient (Wildman–Crippen LogP) is 2.18. The molecule has 1 aromatic carbocycles. The van der Waals surface area contributed by atoms with E-state index in [4.69, 9.17) is 0 Å². The molecule has 132 valence electrons. The maximum Gasteiger partial charge on any atom is 0.322 e. The van der Waals surface area contributed by atoms with Gasteiger partial charge in [0.1, 0.15) is 6.33 Å². The number of urea groups is 1. The highest BCUT2D eigenvalue weighted by Crippen LogP contribution is 2.25. The first-order chi connectivity index (χ1) is 12.1. The van der Waals surface area contributed by atoms with Gasteiger partial charge in [0, 0.05) is 43.5 Å². The number of nitrogens with one attached hydrogen (secondary N) is 1. The van der Waals surface area contributed by atoms with Crippen molar-refractivity contribution in [1.29, 1.82) is 0 Å². The predicted molar refractivity (Wildman–Crippen MR) is 96.2 cm³/mol. The van der Waals surface area contributed by atoms with Gasteiger partial charge in [-0.15, -0.1) is 0 Å². The molecule has 2 aromatic rings. The molecule has 4 rings (SSSR count). The second-order valence-corrected chi connectivity index (χ2v) is 7.04. The Kier molecular flexibility index (Phi) is 4.17. The molecule has 0 radical (unpaired) electrons. The Bertz CT molecular complexity index is 755. The first-order valence-electron chi connectivity index (χ1n) is 8.88. The van der Waals surface area contributed by atoms with Crippen LogP contribution in [0, 0.1) is 0 Å². The number of anilines is 1. The Balaban J connectivity index is 1.42. The molecule has 2 aliphatic rings. The van der Waals surface area contributed by atoms with E-state index in [9.17, 15) is 4.79 Å². The van der Waals surface area contributed by atoms with Crippen molar-refractivity contribution in [1.82, 2.24) is 24.6 Å². The Hall–Kier alpha value is -2.41. The molecule has 2 saturated heterocycles. The van der Waals surface area contributed by atoms with Crippen molar-refractivity contribution in [2.75, 3.05) is 25.0 Å². The molecular weight excluding hydrogens is 316 g/mol. The van der Waals surface area contributed by atoms with Crippen molar-refractivity contribution in [3.63, 3.8) is 0 Å². The standard InChI is InChI=1S/C18H24N6O/c1-13-10-23-9-3-4-16(23)11-24(13)18(25)20-15-7-5-14(6-8-15)17-19-12-22(2)21-17/h5-8,12-13,16H,3-4,9-11H2,1-2H3,(H,20,25)/t13-,16-/m0/s1. The van der Waals surface area contributed by atoms with Gasteiger partial charge in [-0.05, 0) is 50.6 Å². The second kappa shape index (κ2) is 6.48. The third kappa shape index (κ3) is 3.24. The molecular formula is C18H24N6O. The molecule has 0 bridgehead atoms. The molecule has 1 aromatic heterocycles. The second-order valence-electron chi connectivity index (χ2n) is 7.04. The summed E-state index contributed by atoms with van der Waals surface area (Å²) in [5.41, 5.74) is 1.73. The van der Waals surface area contributed by atoms with Gasteiger partial charge in [0.05, 0.1) is 0 Å². The quantitative estimate of drug-likeness (QED) is 0.910. The number of carbonyl (C=O) groups is 1. The van der Waals surface area contributed by atoms with Crippen molar-refractivity contribution in [2.45, 2.75) is 31.8 Å². The van der Waals surface area contributed by atoms with E-state index >= 15 is 0 Å². The van der Waals surface area contributed by atoms with E-state index in [1.54, 1.807) is 11.0 Å². The van der Waals surface area contributed by atoms with Gasteiger partial charge < -0.3 is 10.2 Å². The molecule has 0 unspecified atom stereocenters. The van der Waals surface area contributed by atoms with Crippen LogP contribution in [0.5, 0.6) is 0 Å². The van der Waals surface area contributed by atoms with Crippen LogP contribution in [0.4, 0.5) is 10.5 Å². The number of rotatable bonds is 2. The lowest BCUT2D eigenvalue weighted by atomic mass is 10.1. The van der Waals surface area contributed by atoms with E-state index < -0.39 is 0 Å². The fraction of sp³-hybridized carbons (Fsp3) is 0.500. The zero-order valence-corrected chi connectivity index (χ0v) is 14.7. The minimum absolute atomic E-state index is 0.0113. The summed E-state index contributed by atoms with van der Waals surface area (Å²) in [5.74, 6) is 0.686. The zero-order chi connectivity index (χ0) is 17.4. The summed E-state index contributed by atoms with van der Waals surface area (Å²) in [6, 6.07) is 8.43. The maximum atomic E-state index is 12.7. The van der Waals surface area contributed by atoms with Crippen LogP contribution in [0.3, 0.4) is 0 Å². The lowest BCUT2D eigenvalue weighted by molar-refractivity contribution is 0.0861. The van der Waals surface area contributed by atoms with E-state index in [1.165, 1.54) is 19.4 Å². The van der Waals surface area contributed by atoms with Gasteiger partial charge in [0.25, 0.3) is 0 Å². The summed E-state index contributed by atoms with van der Waals surface area (Å²) < 4.78 is 1.68. The van der Waals surface area contributed by atoms with E-state index in [-0.39, 0.29) is 12.1 Å². The molecule has 1 N–H and O–H groups in total. The molecule has 7 nitrogen and oxygen atoms in total. The molecule has 0 aliphatic carbocycles. The number of benzene rings is 1. The summed E-state index contributed by atoms with van der Waals surface area (Å²) in [6.07, 6.45) is 4.12. The number of amides is 2. The molecule has 2 amide bonds. The lowest BCUT2D eigenvalue weighted by Crippen LogP contribution is -2.57. The van der Waals surface area contributed by atoms with Crippen molar-refractivity contribution in [3.8, 4) is 11.4 Å². The summed E-state index contributed by atoms with van der Waals surface area (Å²) >= 11 is 0. The van der Waals surface area contributed by atoms with Gasteiger partial charge in [-0.25, -0.2) is 9.78 Å². The summed E-state index contributed by atoms with van der Waals surface area (Å²) in [6.45, 7) is 5.10. The number of carbonyl (C=O) groups excluding carboxylic acids is 1. The van der Waals surface area contributed by atoms with Gasteiger partial charge in [-0.3, -0.25) is 9.58 Å². The molecule has 25 heavy (non-hydrogen) atoms. The first kappa shape index (κ1) is 16.1. The van der Waals surface area contributed by atoms with Gasteiger partial charge in [0.2, 0.25) is 0 Å². The number of piperazine rings is 1. The lowest BCUT2D eigenvalue weighted by Gasteiger charge is -2.42. The van der Waals surface area contributed by atoms with Gasteiger partial charge in [-0.1, -0.05) is 0 Å². The van der Waals surface area contributed by atoms with Crippen LogP contribution < -0.4 is 5.32 Å². The van der Waals surface area contributed by atoms with Gasteiger partial charge in [0.15, 0.2) is 5.82 Å². The molecule has 2 fully saturated rings. The number of nitrogens with zero attached hydrogens (tertiary/aromatic N) is 5. The normalized spacial score (nSPS) is 23.5. The van der Waals surface area contributed by atoms with Crippen LogP contribution in [-0.2, 0) is 7.05 Å². The van der Waals surface area contributed by atoms with E-state index in [1.807, 2.05) is 36.2 Å². The summed E-state index contributed by atoms with van der Waals surface area (Å²) in [5, 5.41) is 7.32. The van der Waals surface area contributed by atoms with Crippen LogP contribution >= 0.6 is 0 Å². The van der Waals surface area contributed by atoms with Crippen molar-refractivity contribution in [2.24, 2.45) is 7.05 Å². The Morgan fingerprint density at radius 3 is 2.76 bits per heavy atom. The minimum Gasteiger partial charge on any atom is -0.319 e. The number of aromatic nitrogens is 3. The monoisotopic (exact) mass is 340 g/mol. The molecule has 3 heterocycles. The average Bonchev–Trinajstić information content (AvgIpc) is 3.23. The third-order valence-electron chi connectivity index (χ3n) is 5.19. The molecule has 0 spiro atoms. The summed E-state index contributed by atoms with van der Waals surface area (Å²) in [7, 11) is 1.84. The number of hydrogen-bond donors (Lipinski definition) is 1. The Morgan fingerprint density at radius 1 is 1.24 bits per heavy atom. The minimum atomic E-state index is -0.0113. The third-order valence-corrected chi connectivity index (χ3v) is 5.19. The Morgan fingerprint density at radius 2 is 2.04 bits per heavy atom. The Labute approximate surface area is 147 Å². The van der Waals surface area contributed by atoms with E-state index in [2.05, 4.69) is 27.2 Å². The maximum absolute atomic E-state index is 12.7. The number of hydrogen-bond acceptors (Lipinski definition) is 4. The topological polar surface area (TPSA) is 66.3 Å².